The van der Waals surface area contributed by atoms with Crippen molar-refractivity contribution in [1.29, 1.82) is 0 Å². The minimum absolute atomic E-state index is 0. The second-order valence-corrected chi connectivity index (χ2v) is 3.27. The zero-order chi connectivity index (χ0) is 10.1. The van der Waals surface area contributed by atoms with Gasteiger partial charge in [-0.25, -0.2) is 0 Å². The van der Waals surface area contributed by atoms with E-state index < -0.39 is 0 Å². The number of pyridine rings is 1. The van der Waals surface area contributed by atoms with Gasteiger partial charge in [0, 0.05) is 31.7 Å². The number of hydrogen-bond donors (Lipinski definition) is 0. The maximum atomic E-state index is 5.33. The Hall–Kier alpha value is -1.44. The monoisotopic (exact) mass is 387 g/mol. The number of fused-ring (bicyclic) bond motifs is 1. The summed E-state index contributed by atoms with van der Waals surface area (Å²) in [7, 11) is 0. The summed E-state index contributed by atoms with van der Waals surface area (Å²) in [5.74, 6) is 0. The van der Waals surface area contributed by atoms with Crippen molar-refractivity contribution in [2.24, 2.45) is 0 Å². The van der Waals surface area contributed by atoms with Crippen molar-refractivity contribution in [3.63, 3.8) is 0 Å². The molecule has 2 heterocycles. The molecule has 0 bridgehead atoms. The minimum Gasteiger partial charge on any atom is -0.465 e. The van der Waals surface area contributed by atoms with E-state index in [0.29, 0.717) is 0 Å². The van der Waals surface area contributed by atoms with Gasteiger partial charge >= 0.3 is 0 Å². The predicted octanol–water partition coefficient (Wildman–Crippen LogP) is 3.29. The summed E-state index contributed by atoms with van der Waals surface area (Å²) in [6, 6.07) is 14.8. The molecule has 81 valence electrons. The molecule has 1 radical (unpaired) electrons. The van der Waals surface area contributed by atoms with Gasteiger partial charge in [0.05, 0.1) is 6.26 Å². The van der Waals surface area contributed by atoms with E-state index in [1.807, 2.05) is 36.4 Å². The Morgan fingerprint density at radius 2 is 2.06 bits per heavy atom. The number of furan rings is 1. The molecule has 0 unspecified atom stereocenters. The number of hydrogen-bond acceptors (Lipinski definition) is 2. The molecule has 0 aliphatic carbocycles. The molecule has 2 nitrogen and oxygen atoms in total. The van der Waals surface area contributed by atoms with Crippen LogP contribution in [0.25, 0.3) is 22.2 Å². The second kappa shape index (κ2) is 4.60. The normalized spacial score (nSPS) is 10.0. The molecular weight excluding hydrogens is 378 g/mol. The van der Waals surface area contributed by atoms with Gasteiger partial charge in [0.2, 0.25) is 0 Å². The fourth-order valence-corrected chi connectivity index (χ4v) is 1.65. The van der Waals surface area contributed by atoms with Crippen LogP contribution in [-0.2, 0) is 20.1 Å². The van der Waals surface area contributed by atoms with Crippen molar-refractivity contribution in [1.82, 2.24) is 4.98 Å². The molecule has 0 fully saturated rings. The Kier molecular flexibility index (Phi) is 3.18. The third-order valence-corrected chi connectivity index (χ3v) is 2.34. The molecule has 0 atom stereocenters. The van der Waals surface area contributed by atoms with Gasteiger partial charge in [0.15, 0.2) is 0 Å². The minimum atomic E-state index is 0. The van der Waals surface area contributed by atoms with E-state index in [-0.39, 0.29) is 20.1 Å². The molecule has 0 amide bonds. The summed E-state index contributed by atoms with van der Waals surface area (Å²) < 4.78 is 5.33. The molecule has 3 aromatic rings. The molecule has 0 aliphatic heterocycles. The first-order valence-corrected chi connectivity index (χ1v) is 4.74. The summed E-state index contributed by atoms with van der Waals surface area (Å²) in [4.78, 5) is 4.36. The molecule has 0 saturated heterocycles. The van der Waals surface area contributed by atoms with E-state index >= 15 is 0 Å². The summed E-state index contributed by atoms with van der Waals surface area (Å²) in [5, 5.41) is 1.03. The maximum absolute atomic E-state index is 5.33. The molecule has 0 spiro atoms. The fraction of sp³-hybridized carbons (Fsp3) is 0. The van der Waals surface area contributed by atoms with Crippen molar-refractivity contribution in [3.05, 3.63) is 54.9 Å². The van der Waals surface area contributed by atoms with Gasteiger partial charge in [-0.2, -0.15) is 0 Å². The Bertz CT molecular complexity index is 589. The molecular formula is C13H8IrNO-. The third-order valence-electron chi connectivity index (χ3n) is 2.34. The molecule has 0 saturated carbocycles. The van der Waals surface area contributed by atoms with E-state index in [0.717, 1.165) is 22.2 Å². The van der Waals surface area contributed by atoms with Gasteiger partial charge in [-0.3, -0.25) is 0 Å². The van der Waals surface area contributed by atoms with E-state index in [4.69, 9.17) is 4.42 Å². The first-order chi connectivity index (χ1) is 7.45. The quantitative estimate of drug-likeness (QED) is 0.600. The van der Waals surface area contributed by atoms with Gasteiger partial charge in [-0.15, -0.1) is 35.9 Å². The average Bonchev–Trinajstić information content (AvgIpc) is 2.78. The molecule has 0 aliphatic rings. The Balaban J connectivity index is 0.000000963. The van der Waals surface area contributed by atoms with Crippen LogP contribution in [0, 0.1) is 6.07 Å². The number of aromatic nitrogens is 1. The summed E-state index contributed by atoms with van der Waals surface area (Å²) in [6.07, 6.45) is 3.43. The molecule has 1 aromatic carbocycles. The second-order valence-electron chi connectivity index (χ2n) is 3.27. The average molecular weight is 386 g/mol. The van der Waals surface area contributed by atoms with Crippen LogP contribution in [0.15, 0.2) is 53.3 Å². The summed E-state index contributed by atoms with van der Waals surface area (Å²) in [5.41, 5.74) is 2.77. The van der Waals surface area contributed by atoms with Gasteiger partial charge in [0.25, 0.3) is 0 Å². The zero-order valence-corrected chi connectivity index (χ0v) is 10.7. The first-order valence-electron chi connectivity index (χ1n) is 4.74. The number of rotatable bonds is 1. The van der Waals surface area contributed by atoms with E-state index in [1.165, 1.54) is 0 Å². The van der Waals surface area contributed by atoms with Crippen molar-refractivity contribution < 1.29 is 24.5 Å². The standard InChI is InChI=1S/C13H8NO.Ir/c1-2-4-10(5-3-1)13-11-7-9-15-12(11)6-8-14-13;/h1-4,6-9H;/q-1;. The van der Waals surface area contributed by atoms with E-state index in [2.05, 4.69) is 11.1 Å². The van der Waals surface area contributed by atoms with Crippen LogP contribution in [0.2, 0.25) is 0 Å². The van der Waals surface area contributed by atoms with E-state index in [1.54, 1.807) is 12.5 Å². The predicted molar refractivity (Wildman–Crippen MR) is 58.3 cm³/mol. The van der Waals surface area contributed by atoms with Gasteiger partial charge in [0.1, 0.15) is 5.58 Å². The van der Waals surface area contributed by atoms with Gasteiger partial charge in [-0.1, -0.05) is 0 Å². The van der Waals surface area contributed by atoms with Crippen LogP contribution >= 0.6 is 0 Å². The maximum Gasteiger partial charge on any atom is 0.128 e. The Labute approximate surface area is 107 Å². The van der Waals surface area contributed by atoms with Crippen LogP contribution < -0.4 is 0 Å². The molecule has 16 heavy (non-hydrogen) atoms. The van der Waals surface area contributed by atoms with Crippen molar-refractivity contribution in [2.75, 3.05) is 0 Å². The van der Waals surface area contributed by atoms with Crippen molar-refractivity contribution >= 4 is 11.0 Å². The van der Waals surface area contributed by atoms with E-state index in [9.17, 15) is 0 Å². The smallest absolute Gasteiger partial charge is 0.128 e. The molecule has 0 N–H and O–H groups in total. The topological polar surface area (TPSA) is 26.0 Å². The van der Waals surface area contributed by atoms with Crippen LogP contribution in [0.1, 0.15) is 0 Å². The van der Waals surface area contributed by atoms with Gasteiger partial charge in [-0.05, 0) is 17.8 Å². The summed E-state index contributed by atoms with van der Waals surface area (Å²) in [6.45, 7) is 0. The zero-order valence-electron chi connectivity index (χ0n) is 8.31. The molecule has 2 aromatic heterocycles. The first kappa shape index (κ1) is 11.1. The Morgan fingerprint density at radius 3 is 2.88 bits per heavy atom. The van der Waals surface area contributed by atoms with Crippen LogP contribution in [0.4, 0.5) is 0 Å². The SMILES string of the molecule is [Ir].[c-]1ccccc1-c1nccc2occc12. The summed E-state index contributed by atoms with van der Waals surface area (Å²) >= 11 is 0. The number of benzene rings is 1. The van der Waals surface area contributed by atoms with Crippen molar-refractivity contribution in [3.8, 4) is 11.3 Å². The largest absolute Gasteiger partial charge is 0.465 e. The fourth-order valence-electron chi connectivity index (χ4n) is 1.65. The van der Waals surface area contributed by atoms with Crippen LogP contribution in [-0.4, -0.2) is 4.98 Å². The molecule has 3 heteroatoms. The van der Waals surface area contributed by atoms with Crippen LogP contribution in [0.3, 0.4) is 0 Å². The third kappa shape index (κ3) is 1.80. The molecule has 3 rings (SSSR count). The van der Waals surface area contributed by atoms with Gasteiger partial charge < -0.3 is 9.40 Å². The number of nitrogens with zero attached hydrogens (tertiary/aromatic N) is 1. The Morgan fingerprint density at radius 1 is 1.12 bits per heavy atom. The van der Waals surface area contributed by atoms with Crippen molar-refractivity contribution in [2.45, 2.75) is 0 Å². The van der Waals surface area contributed by atoms with Crippen LogP contribution in [0.5, 0.6) is 0 Å².